The van der Waals surface area contributed by atoms with Gasteiger partial charge in [-0.15, -0.1) is 0 Å². The average molecular weight is 486 g/mol. The molecule has 0 aromatic heterocycles. The van der Waals surface area contributed by atoms with Gasteiger partial charge in [-0.2, -0.15) is 0 Å². The smallest absolute Gasteiger partial charge is 0.204 e. The summed E-state index contributed by atoms with van der Waals surface area (Å²) >= 11 is 0. The molecule has 0 heterocycles. The zero-order chi connectivity index (χ0) is 24.3. The van der Waals surface area contributed by atoms with Crippen LogP contribution in [-0.4, -0.2) is 13.2 Å². The maximum Gasteiger partial charge on any atom is 0.204 e. The van der Waals surface area contributed by atoms with Gasteiger partial charge < -0.3 is 4.74 Å². The minimum atomic E-state index is -3.03. The third-order valence-electron chi connectivity index (χ3n) is 9.67. The van der Waals surface area contributed by atoms with Crippen molar-refractivity contribution in [3.05, 3.63) is 90.5 Å². The van der Waals surface area contributed by atoms with E-state index < -0.39 is 7.29 Å². The van der Waals surface area contributed by atoms with Crippen molar-refractivity contribution in [2.75, 3.05) is 7.11 Å². The summed E-state index contributed by atoms with van der Waals surface area (Å²) in [5.74, 6) is 1.62. The number of ether oxygens (including phenoxy) is 1. The number of hydrogen-bond acceptors (Lipinski definition) is 2. The first-order valence-corrected chi connectivity index (χ1v) is 14.8. The lowest BCUT2D eigenvalue weighted by molar-refractivity contribution is 0.261. The van der Waals surface area contributed by atoms with Crippen molar-refractivity contribution in [1.82, 2.24) is 5.09 Å². The zero-order valence-corrected chi connectivity index (χ0v) is 21.9. The van der Waals surface area contributed by atoms with Crippen LogP contribution in [0.1, 0.15) is 51.5 Å². The topological polar surface area (TPSA) is 38.3 Å². The molecule has 35 heavy (non-hydrogen) atoms. The lowest BCUT2D eigenvalue weighted by atomic mass is 9.83. The van der Waals surface area contributed by atoms with Gasteiger partial charge in [0.2, 0.25) is 7.29 Å². The number of hydrogen-bond donors (Lipinski definition) is 1. The molecule has 0 radical (unpaired) electrons. The highest BCUT2D eigenvalue weighted by molar-refractivity contribution is 7.76. The molecule has 3 aliphatic carbocycles. The number of benzene rings is 3. The normalized spacial score (nSPS) is 31.3. The molecule has 3 nitrogen and oxygen atoms in total. The Kier molecular flexibility index (Phi) is 5.33. The summed E-state index contributed by atoms with van der Waals surface area (Å²) < 4.78 is 20.7. The molecule has 0 spiro atoms. The lowest BCUT2D eigenvalue weighted by Gasteiger charge is -2.35. The molecule has 3 fully saturated rings. The molecule has 4 heteroatoms. The average Bonchev–Trinajstić information content (AvgIpc) is 3.84. The number of methoxy groups -OCH3 is 1. The summed E-state index contributed by atoms with van der Waals surface area (Å²) in [6, 6.07) is 29.1. The van der Waals surface area contributed by atoms with Crippen LogP contribution in [0, 0.1) is 16.7 Å². The minimum Gasteiger partial charge on any atom is -0.497 e. The molecule has 3 aromatic carbocycles. The Morgan fingerprint density at radius 1 is 0.943 bits per heavy atom. The maximum absolute atomic E-state index is 15.1. The summed E-state index contributed by atoms with van der Waals surface area (Å²) in [4.78, 5) is 0. The molecule has 6 rings (SSSR count). The number of rotatable bonds is 10. The van der Waals surface area contributed by atoms with Crippen molar-refractivity contribution < 1.29 is 9.30 Å². The summed E-state index contributed by atoms with van der Waals surface area (Å²) in [6.07, 6.45) is 5.90. The molecule has 1 N–H and O–H groups in total. The fourth-order valence-corrected chi connectivity index (χ4v) is 9.98. The first-order valence-electron chi connectivity index (χ1n) is 13.1. The summed E-state index contributed by atoms with van der Waals surface area (Å²) in [5, 5.41) is 5.78. The van der Waals surface area contributed by atoms with Gasteiger partial charge >= 0.3 is 0 Å². The molecule has 3 aromatic rings. The third-order valence-corrected chi connectivity index (χ3v) is 12.3. The van der Waals surface area contributed by atoms with Crippen LogP contribution < -0.4 is 20.4 Å². The molecule has 182 valence electrons. The van der Waals surface area contributed by atoms with Crippen molar-refractivity contribution >= 4 is 17.9 Å². The molecule has 0 saturated heterocycles. The number of fused-ring (bicyclic) bond motifs is 1. The van der Waals surface area contributed by atoms with Crippen LogP contribution in [0.25, 0.3) is 0 Å². The van der Waals surface area contributed by atoms with E-state index in [1.54, 1.807) is 7.11 Å². The van der Waals surface area contributed by atoms with Gasteiger partial charge in [-0.05, 0) is 84.4 Å². The summed E-state index contributed by atoms with van der Waals surface area (Å²) in [7, 11) is -1.29. The Hall–Kier alpha value is -2.35. The fraction of sp³-hybridized carbons (Fsp3) is 0.419. The van der Waals surface area contributed by atoms with Crippen LogP contribution >= 0.6 is 7.29 Å². The van der Waals surface area contributed by atoms with Crippen LogP contribution in [0.4, 0.5) is 0 Å². The SMILES string of the molecule is CC[C@H]1C[C@]1(CC)[C@H](NP(=O)(c1ccccc1)c1ccccc1)C12CC1(c1cccc(OC)c1)C2. The van der Waals surface area contributed by atoms with Crippen LogP contribution in [0.3, 0.4) is 0 Å². The van der Waals surface area contributed by atoms with Crippen molar-refractivity contribution in [3.63, 3.8) is 0 Å². The molecule has 0 amide bonds. The van der Waals surface area contributed by atoms with E-state index >= 15 is 4.57 Å². The number of nitrogens with one attached hydrogen (secondary N) is 1. The highest BCUT2D eigenvalue weighted by atomic mass is 31.2. The van der Waals surface area contributed by atoms with Gasteiger partial charge in [-0.1, -0.05) is 68.8 Å². The molecule has 3 atom stereocenters. The minimum absolute atomic E-state index is 0.179. The van der Waals surface area contributed by atoms with Gasteiger partial charge in [0.05, 0.1) is 7.11 Å². The first-order chi connectivity index (χ1) is 17.0. The van der Waals surface area contributed by atoms with Crippen LogP contribution in [0.2, 0.25) is 0 Å². The highest BCUT2D eigenvalue weighted by Gasteiger charge is 2.89. The van der Waals surface area contributed by atoms with Crippen molar-refractivity contribution in [3.8, 4) is 5.75 Å². The summed E-state index contributed by atoms with van der Waals surface area (Å²) in [5.41, 5.74) is 1.97. The second kappa shape index (κ2) is 8.08. The zero-order valence-electron chi connectivity index (χ0n) is 21.0. The maximum atomic E-state index is 15.1. The van der Waals surface area contributed by atoms with Crippen LogP contribution in [0.15, 0.2) is 84.9 Å². The Labute approximate surface area is 209 Å². The molecule has 0 aliphatic heterocycles. The molecule has 3 aliphatic rings. The van der Waals surface area contributed by atoms with Gasteiger partial charge in [0, 0.05) is 22.1 Å². The van der Waals surface area contributed by atoms with Crippen molar-refractivity contribution in [1.29, 1.82) is 0 Å². The largest absolute Gasteiger partial charge is 0.497 e. The standard InChI is InChI=1S/C31H36NO2P/c1-4-23-20-29(23,5-2)28(31-21-30(31,22-31)24-13-12-14-25(19-24)34-3)32-35(33,26-15-8-6-9-16-26)27-17-10-7-11-18-27/h6-19,23,28H,4-5,20-22H2,1-3H3,(H,32,33)/t23-,28-,29-,30?,31?/m0/s1. The molecule has 3 saturated carbocycles. The van der Waals surface area contributed by atoms with E-state index in [-0.39, 0.29) is 22.3 Å². The van der Waals surface area contributed by atoms with Gasteiger partial charge in [-0.3, -0.25) is 9.65 Å². The van der Waals surface area contributed by atoms with E-state index in [4.69, 9.17) is 4.74 Å². The Morgan fingerprint density at radius 3 is 2.09 bits per heavy atom. The quantitative estimate of drug-likeness (QED) is 0.336. The lowest BCUT2D eigenvalue weighted by Crippen LogP contribution is -2.45. The van der Waals surface area contributed by atoms with E-state index in [2.05, 4.69) is 37.1 Å². The van der Waals surface area contributed by atoms with Crippen molar-refractivity contribution in [2.24, 2.45) is 16.7 Å². The molecular formula is C31H36NO2P. The first kappa shape index (κ1) is 23.1. The van der Waals surface area contributed by atoms with Crippen LogP contribution in [0.5, 0.6) is 5.75 Å². The van der Waals surface area contributed by atoms with Gasteiger partial charge in [0.1, 0.15) is 5.75 Å². The predicted molar refractivity (Wildman–Crippen MR) is 144 cm³/mol. The van der Waals surface area contributed by atoms with E-state index in [9.17, 15) is 0 Å². The fourth-order valence-electron chi connectivity index (χ4n) is 7.33. The van der Waals surface area contributed by atoms with E-state index in [1.165, 1.54) is 31.2 Å². The molecule has 0 unspecified atom stereocenters. The van der Waals surface area contributed by atoms with Crippen molar-refractivity contribution in [2.45, 2.75) is 57.4 Å². The predicted octanol–water partition coefficient (Wildman–Crippen LogP) is 6.44. The third kappa shape index (κ3) is 3.31. The second-order valence-electron chi connectivity index (χ2n) is 11.1. The van der Waals surface area contributed by atoms with E-state index in [0.717, 1.165) is 22.8 Å². The Morgan fingerprint density at radius 2 is 1.57 bits per heavy atom. The Bertz CT molecular complexity index is 1220. The van der Waals surface area contributed by atoms with E-state index in [0.29, 0.717) is 5.92 Å². The molecule has 0 bridgehead atoms. The highest BCUT2D eigenvalue weighted by Crippen LogP contribution is 2.90. The Balaban J connectivity index is 1.44. The molecular weight excluding hydrogens is 449 g/mol. The van der Waals surface area contributed by atoms with E-state index in [1.807, 2.05) is 66.7 Å². The monoisotopic (exact) mass is 485 g/mol. The van der Waals surface area contributed by atoms with Gasteiger partial charge in [-0.25, -0.2) is 0 Å². The van der Waals surface area contributed by atoms with Crippen LogP contribution in [-0.2, 0) is 9.98 Å². The summed E-state index contributed by atoms with van der Waals surface area (Å²) in [6.45, 7) is 4.66. The van der Waals surface area contributed by atoms with Gasteiger partial charge in [0.25, 0.3) is 0 Å². The van der Waals surface area contributed by atoms with Gasteiger partial charge in [0.15, 0.2) is 0 Å². The second-order valence-corrected chi connectivity index (χ2v) is 13.6.